The maximum atomic E-state index is 2.71. The van der Waals surface area contributed by atoms with E-state index in [0.29, 0.717) is 0 Å². The summed E-state index contributed by atoms with van der Waals surface area (Å²) in [7, 11) is -1.78. The van der Waals surface area contributed by atoms with Crippen molar-refractivity contribution >= 4 is 87.5 Å². The van der Waals surface area contributed by atoms with Gasteiger partial charge in [-0.3, -0.25) is 0 Å². The zero-order chi connectivity index (χ0) is 54.7. The third-order valence-electron chi connectivity index (χ3n) is 17.1. The van der Waals surface area contributed by atoms with Crippen molar-refractivity contribution in [1.82, 2.24) is 0 Å². The average molecular weight is 1030 g/mol. The molecular weight excluding hydrogens is 946 g/mol. The molecule has 1 aliphatic carbocycles. The van der Waals surface area contributed by atoms with E-state index in [1.54, 1.807) is 0 Å². The molecule has 0 unspecified atom stereocenters. The number of fused-ring (bicyclic) bond motifs is 5. The highest BCUT2D eigenvalue weighted by Crippen LogP contribution is 2.51. The van der Waals surface area contributed by atoms with E-state index in [1.807, 2.05) is 0 Å². The molecule has 0 aromatic heterocycles. The number of benzene rings is 8. The van der Waals surface area contributed by atoms with Gasteiger partial charge in [0.05, 0.1) is 19.4 Å². The number of hydrogen-bond donors (Lipinski definition) is 0. The zero-order valence-electron chi connectivity index (χ0n) is 49.3. The molecule has 392 valence electrons. The van der Waals surface area contributed by atoms with E-state index in [0.717, 1.165) is 29.9 Å². The summed E-state index contributed by atoms with van der Waals surface area (Å²) >= 11 is 0. The van der Waals surface area contributed by atoms with Crippen molar-refractivity contribution in [3.05, 3.63) is 197 Å². The molecule has 0 amide bonds. The number of anilines is 9. The van der Waals surface area contributed by atoms with Crippen LogP contribution in [0.15, 0.2) is 158 Å². The van der Waals surface area contributed by atoms with Gasteiger partial charge >= 0.3 is 0 Å². The molecule has 8 aromatic rings. The smallest absolute Gasteiger partial charge is 0.252 e. The molecule has 0 bridgehead atoms. The molecule has 0 fully saturated rings. The first-order chi connectivity index (χ1) is 36.3. The lowest BCUT2D eigenvalue weighted by Gasteiger charge is -2.46. The molecule has 0 saturated carbocycles. The number of nitrogens with zero attached hydrogens (tertiary/aromatic N) is 3. The molecule has 3 nitrogen and oxygen atoms in total. The van der Waals surface area contributed by atoms with E-state index in [-0.39, 0.29) is 28.4 Å². The Morgan fingerprint density at radius 1 is 0.416 bits per heavy atom. The van der Waals surface area contributed by atoms with Crippen LogP contribution in [0.2, 0.25) is 19.6 Å². The van der Waals surface area contributed by atoms with Crippen molar-refractivity contribution in [3.63, 3.8) is 0 Å². The third kappa shape index (κ3) is 9.59. The van der Waals surface area contributed by atoms with Crippen molar-refractivity contribution < 1.29 is 0 Å². The second-order valence-electron chi connectivity index (χ2n) is 27.9. The van der Waals surface area contributed by atoms with Crippen LogP contribution in [0.4, 0.5) is 51.2 Å². The van der Waals surface area contributed by atoms with E-state index in [2.05, 4.69) is 282 Å². The molecule has 0 saturated heterocycles. The Balaban J connectivity index is 1.32. The molecule has 8 aromatic carbocycles. The second-order valence-corrected chi connectivity index (χ2v) is 33.0. The Labute approximate surface area is 464 Å². The van der Waals surface area contributed by atoms with E-state index in [9.17, 15) is 0 Å². The summed E-state index contributed by atoms with van der Waals surface area (Å²) in [6.07, 6.45) is 4.67. The van der Waals surface area contributed by atoms with Crippen LogP contribution in [-0.2, 0) is 34.5 Å². The van der Waals surface area contributed by atoms with Gasteiger partial charge in [-0.05, 0) is 182 Å². The fourth-order valence-corrected chi connectivity index (χ4v) is 13.5. The Morgan fingerprint density at radius 2 is 0.896 bits per heavy atom. The Morgan fingerprint density at radius 3 is 1.44 bits per heavy atom. The molecular formula is C72H82BN3Si. The summed E-state index contributed by atoms with van der Waals surface area (Å²) in [4.78, 5) is 7.93. The third-order valence-corrected chi connectivity index (χ3v) is 19.2. The summed E-state index contributed by atoms with van der Waals surface area (Å²) in [5.41, 5.74) is 27.0. The molecule has 0 spiro atoms. The van der Waals surface area contributed by atoms with Gasteiger partial charge in [-0.2, -0.15) is 0 Å². The van der Waals surface area contributed by atoms with Crippen molar-refractivity contribution in [2.45, 2.75) is 157 Å². The van der Waals surface area contributed by atoms with Gasteiger partial charge in [0.25, 0.3) is 6.71 Å². The summed E-state index contributed by atoms with van der Waals surface area (Å²) in [5, 5.41) is 1.49. The average Bonchev–Trinajstić information content (AvgIpc) is 3.54. The lowest BCUT2D eigenvalue weighted by molar-refractivity contribution is 0.590. The lowest BCUT2D eigenvalue weighted by Crippen LogP contribution is -2.62. The van der Waals surface area contributed by atoms with Gasteiger partial charge in [0, 0.05) is 45.4 Å². The molecule has 0 atom stereocenters. The zero-order valence-corrected chi connectivity index (χ0v) is 50.3. The highest BCUT2D eigenvalue weighted by atomic mass is 28.3. The van der Waals surface area contributed by atoms with Gasteiger partial charge in [0.15, 0.2) is 0 Å². The van der Waals surface area contributed by atoms with Gasteiger partial charge in [-0.15, -0.1) is 0 Å². The summed E-state index contributed by atoms with van der Waals surface area (Å²) < 4.78 is 0. The van der Waals surface area contributed by atoms with Crippen LogP contribution in [-0.4, -0.2) is 14.8 Å². The van der Waals surface area contributed by atoms with Crippen LogP contribution in [0.5, 0.6) is 0 Å². The Kier molecular flexibility index (Phi) is 12.8. The summed E-state index contributed by atoms with van der Waals surface area (Å²) in [6.45, 7) is 37.8. The first-order valence-electron chi connectivity index (χ1n) is 28.7. The van der Waals surface area contributed by atoms with Crippen molar-refractivity contribution in [1.29, 1.82) is 0 Å². The van der Waals surface area contributed by atoms with Crippen LogP contribution in [0.3, 0.4) is 0 Å². The monoisotopic (exact) mass is 1030 g/mol. The SMILES string of the molecule is Cc1ccc(C(C)(C)C)cc1N1c2ccc([Si](C)(C)C)cc2B2c3cc4c(cc3N(c3ccc(C(C)(C)C)cc3-c3ccccc3)c3cc(N(c5ccc(C(C)(C)C)cc5)c5ccc(C(C)(C)C)cc5)cc1c32)CCCC4. The van der Waals surface area contributed by atoms with E-state index >= 15 is 0 Å². The lowest BCUT2D eigenvalue weighted by atomic mass is 9.33. The highest BCUT2D eigenvalue weighted by Gasteiger charge is 2.46. The molecule has 0 N–H and O–H groups in total. The number of rotatable bonds is 7. The number of aryl methyl sites for hydroxylation is 3. The maximum Gasteiger partial charge on any atom is 0.252 e. The van der Waals surface area contributed by atoms with Gasteiger partial charge in [-0.25, -0.2) is 0 Å². The molecule has 77 heavy (non-hydrogen) atoms. The highest BCUT2D eigenvalue weighted by molar-refractivity contribution is 7.01. The van der Waals surface area contributed by atoms with Crippen LogP contribution >= 0.6 is 0 Å². The van der Waals surface area contributed by atoms with Gasteiger partial charge in [0.2, 0.25) is 0 Å². The second kappa shape index (κ2) is 18.8. The van der Waals surface area contributed by atoms with Crippen molar-refractivity contribution in [2.75, 3.05) is 14.7 Å². The maximum absolute atomic E-state index is 2.71. The predicted octanol–water partition coefficient (Wildman–Crippen LogP) is 17.8. The molecule has 0 radical (unpaired) electrons. The molecule has 3 aliphatic rings. The summed E-state index contributed by atoms with van der Waals surface area (Å²) in [6, 6.07) is 62.6. The predicted molar refractivity (Wildman–Crippen MR) is 340 cm³/mol. The minimum Gasteiger partial charge on any atom is -0.311 e. The topological polar surface area (TPSA) is 9.72 Å². The van der Waals surface area contributed by atoms with Gasteiger partial charge in [0.1, 0.15) is 0 Å². The molecule has 2 aliphatic heterocycles. The molecule has 2 heterocycles. The standard InChI is InChI=1S/C72H82BN3Si/c1-47-26-27-54(72(11,12)13)43-64(47)76-63-39-37-58(77(14,15)16)46-61(63)73-60-40-49-24-20-21-25-50(49)41-65(60)75(62-38-32-53(71(8,9)10)42-59(62)48-22-18-17-19-23-48)66-44-57(45-67(76)68(66)73)74(55-33-28-51(29-34-55)69(2,3)4)56-35-30-52(31-36-56)70(5,6)7/h17-19,22-23,26-46H,20-21,24-25H2,1-16H3. The van der Waals surface area contributed by atoms with Crippen molar-refractivity contribution in [3.8, 4) is 11.1 Å². The first kappa shape index (κ1) is 52.5. The van der Waals surface area contributed by atoms with Gasteiger partial charge < -0.3 is 14.7 Å². The minimum atomic E-state index is -1.78. The van der Waals surface area contributed by atoms with Gasteiger partial charge in [-0.1, -0.05) is 199 Å². The van der Waals surface area contributed by atoms with Crippen molar-refractivity contribution in [2.24, 2.45) is 0 Å². The molecule has 5 heteroatoms. The number of hydrogen-bond acceptors (Lipinski definition) is 3. The largest absolute Gasteiger partial charge is 0.311 e. The first-order valence-corrected chi connectivity index (χ1v) is 32.2. The minimum absolute atomic E-state index is 0.000734. The fourth-order valence-electron chi connectivity index (χ4n) is 12.4. The van der Waals surface area contributed by atoms with Crippen LogP contribution < -0.4 is 36.3 Å². The van der Waals surface area contributed by atoms with Crippen LogP contribution in [0.25, 0.3) is 11.1 Å². The Bertz CT molecular complexity index is 3500. The van der Waals surface area contributed by atoms with E-state index < -0.39 is 8.07 Å². The van der Waals surface area contributed by atoms with E-state index in [1.165, 1.54) is 119 Å². The molecule has 11 rings (SSSR count). The van der Waals surface area contributed by atoms with Crippen LogP contribution in [0, 0.1) is 6.92 Å². The summed E-state index contributed by atoms with van der Waals surface area (Å²) in [5.74, 6) is 0. The van der Waals surface area contributed by atoms with E-state index in [4.69, 9.17) is 0 Å². The van der Waals surface area contributed by atoms with Crippen LogP contribution in [0.1, 0.15) is 135 Å². The quantitative estimate of drug-likeness (QED) is 0.147. The fraction of sp³-hybridized carbons (Fsp3) is 0.333. The Hall–Kier alpha value is -6.56. The normalized spacial score (nSPS) is 14.5.